The Morgan fingerprint density at radius 2 is 1.46 bits per heavy atom. The molecule has 2 aromatic carbocycles. The van der Waals surface area contributed by atoms with E-state index in [0.717, 1.165) is 22.5 Å². The molecular weight excluding hydrogens is 353 g/mol. The molecule has 0 spiro atoms. The maximum absolute atomic E-state index is 13.0. The minimum Gasteiger partial charge on any atom is -0.369 e. The van der Waals surface area contributed by atoms with Crippen LogP contribution in [0.3, 0.4) is 0 Å². The van der Waals surface area contributed by atoms with Crippen molar-refractivity contribution in [3.8, 4) is 16.8 Å². The first kappa shape index (κ1) is 16.8. The predicted molar refractivity (Wildman–Crippen MR) is 99.8 cm³/mol. The highest BCUT2D eigenvalue weighted by molar-refractivity contribution is 7.91. The Labute approximate surface area is 151 Å². The number of hydrogen-bond acceptors (Lipinski definition) is 4. The van der Waals surface area contributed by atoms with Gasteiger partial charge in [-0.1, -0.05) is 12.1 Å². The van der Waals surface area contributed by atoms with Crippen LogP contribution in [0.1, 0.15) is 0 Å². The summed E-state index contributed by atoms with van der Waals surface area (Å²) in [5.41, 5.74) is 3.80. The molecule has 3 aromatic rings. The van der Waals surface area contributed by atoms with Crippen molar-refractivity contribution in [2.75, 3.05) is 29.5 Å². The van der Waals surface area contributed by atoms with Gasteiger partial charge in [0, 0.05) is 30.5 Å². The minimum atomic E-state index is -2.88. The fraction of sp³-hybridized carbons (Fsp3) is 0.211. The molecule has 0 N–H and O–H groups in total. The largest absolute Gasteiger partial charge is 0.369 e. The molecule has 0 atom stereocenters. The highest BCUT2D eigenvalue weighted by Gasteiger charge is 2.21. The second kappa shape index (κ2) is 6.57. The average molecular weight is 371 g/mol. The van der Waals surface area contributed by atoms with E-state index in [1.165, 1.54) is 12.1 Å². The molecule has 0 amide bonds. The lowest BCUT2D eigenvalue weighted by Gasteiger charge is -2.28. The molecule has 1 aromatic heterocycles. The van der Waals surface area contributed by atoms with Crippen molar-refractivity contribution in [1.82, 2.24) is 9.78 Å². The minimum absolute atomic E-state index is 0.208. The molecular formula is C19H18FN3O2S. The van der Waals surface area contributed by atoms with Crippen molar-refractivity contribution in [3.05, 3.63) is 66.7 Å². The Hall–Kier alpha value is -2.67. The smallest absolute Gasteiger partial charge is 0.153 e. The normalized spacial score (nSPS) is 16.6. The monoisotopic (exact) mass is 371 g/mol. The Morgan fingerprint density at radius 3 is 2.12 bits per heavy atom. The van der Waals surface area contributed by atoms with E-state index in [0.29, 0.717) is 13.1 Å². The van der Waals surface area contributed by atoms with E-state index in [-0.39, 0.29) is 17.3 Å². The quantitative estimate of drug-likeness (QED) is 0.710. The summed E-state index contributed by atoms with van der Waals surface area (Å²) < 4.78 is 37.8. The Kier molecular flexibility index (Phi) is 4.24. The molecule has 26 heavy (non-hydrogen) atoms. The summed E-state index contributed by atoms with van der Waals surface area (Å²) in [6.45, 7) is 1.06. The van der Waals surface area contributed by atoms with Crippen LogP contribution in [0.25, 0.3) is 16.8 Å². The Balaban J connectivity index is 1.51. The van der Waals surface area contributed by atoms with Crippen molar-refractivity contribution in [2.24, 2.45) is 0 Å². The van der Waals surface area contributed by atoms with Gasteiger partial charge in [0.05, 0.1) is 23.4 Å². The molecule has 1 saturated heterocycles. The topological polar surface area (TPSA) is 55.2 Å². The highest BCUT2D eigenvalue weighted by atomic mass is 32.2. The van der Waals surface area contributed by atoms with E-state index in [2.05, 4.69) is 10.00 Å². The summed E-state index contributed by atoms with van der Waals surface area (Å²) in [5.74, 6) is 0.139. The van der Waals surface area contributed by atoms with Crippen LogP contribution in [0.4, 0.5) is 10.1 Å². The molecule has 134 valence electrons. The number of benzene rings is 2. The summed E-state index contributed by atoms with van der Waals surface area (Å²) in [7, 11) is -2.88. The molecule has 5 nitrogen and oxygen atoms in total. The van der Waals surface area contributed by atoms with Gasteiger partial charge < -0.3 is 4.90 Å². The van der Waals surface area contributed by atoms with E-state index in [4.69, 9.17) is 0 Å². The Bertz CT molecular complexity index is 998. The molecule has 2 heterocycles. The SMILES string of the molecule is O=S1(=O)CCN(c2ccc(-c3cnn(-c4ccc(F)cc4)c3)cc2)CC1. The number of rotatable bonds is 3. The second-order valence-corrected chi connectivity index (χ2v) is 8.64. The van der Waals surface area contributed by atoms with Gasteiger partial charge in [0.1, 0.15) is 5.82 Å². The van der Waals surface area contributed by atoms with Crippen LogP contribution < -0.4 is 4.90 Å². The van der Waals surface area contributed by atoms with Crippen LogP contribution in [0.5, 0.6) is 0 Å². The zero-order valence-corrected chi connectivity index (χ0v) is 14.9. The first-order valence-corrected chi connectivity index (χ1v) is 10.2. The average Bonchev–Trinajstić information content (AvgIpc) is 3.13. The number of sulfone groups is 1. The fourth-order valence-corrected chi connectivity index (χ4v) is 4.24. The third kappa shape index (κ3) is 3.48. The molecule has 4 rings (SSSR count). The molecule has 1 aliphatic rings. The molecule has 0 saturated carbocycles. The van der Waals surface area contributed by atoms with Gasteiger partial charge in [-0.15, -0.1) is 0 Å². The lowest BCUT2D eigenvalue weighted by molar-refractivity contribution is 0.587. The third-order valence-electron chi connectivity index (χ3n) is 4.58. The van der Waals surface area contributed by atoms with E-state index < -0.39 is 9.84 Å². The Morgan fingerprint density at radius 1 is 0.846 bits per heavy atom. The number of hydrogen-bond donors (Lipinski definition) is 0. The second-order valence-electron chi connectivity index (χ2n) is 6.34. The van der Waals surface area contributed by atoms with Crippen LogP contribution in [-0.2, 0) is 9.84 Å². The van der Waals surface area contributed by atoms with Crippen LogP contribution >= 0.6 is 0 Å². The van der Waals surface area contributed by atoms with Gasteiger partial charge in [0.2, 0.25) is 0 Å². The van der Waals surface area contributed by atoms with Crippen molar-refractivity contribution in [1.29, 1.82) is 0 Å². The number of halogens is 1. The van der Waals surface area contributed by atoms with E-state index in [1.807, 2.05) is 30.5 Å². The van der Waals surface area contributed by atoms with Crippen molar-refractivity contribution in [3.63, 3.8) is 0 Å². The number of aromatic nitrogens is 2. The molecule has 0 bridgehead atoms. The number of nitrogens with zero attached hydrogens (tertiary/aromatic N) is 3. The van der Waals surface area contributed by atoms with Gasteiger partial charge in [-0.3, -0.25) is 0 Å². The van der Waals surface area contributed by atoms with Gasteiger partial charge in [-0.05, 0) is 42.0 Å². The molecule has 1 fully saturated rings. The first-order chi connectivity index (χ1) is 12.5. The van der Waals surface area contributed by atoms with Crippen molar-refractivity contribution < 1.29 is 12.8 Å². The van der Waals surface area contributed by atoms with Gasteiger partial charge in [0.15, 0.2) is 9.84 Å². The van der Waals surface area contributed by atoms with Gasteiger partial charge in [-0.2, -0.15) is 5.10 Å². The van der Waals surface area contributed by atoms with E-state index in [1.54, 1.807) is 23.0 Å². The molecule has 7 heteroatoms. The fourth-order valence-electron chi connectivity index (χ4n) is 3.04. The standard InChI is InChI=1S/C19H18FN3O2S/c20-17-3-7-19(8-4-17)23-14-16(13-21-23)15-1-5-18(6-2-15)22-9-11-26(24,25)12-10-22/h1-8,13-14H,9-12H2. The lowest BCUT2D eigenvalue weighted by atomic mass is 10.1. The van der Waals surface area contributed by atoms with Gasteiger partial charge >= 0.3 is 0 Å². The highest BCUT2D eigenvalue weighted by Crippen LogP contribution is 2.24. The number of anilines is 1. The zero-order valence-electron chi connectivity index (χ0n) is 14.0. The summed E-state index contributed by atoms with van der Waals surface area (Å²) in [6, 6.07) is 14.2. The van der Waals surface area contributed by atoms with Crippen LogP contribution in [-0.4, -0.2) is 42.8 Å². The summed E-state index contributed by atoms with van der Waals surface area (Å²) >= 11 is 0. The van der Waals surface area contributed by atoms with Gasteiger partial charge in [0.25, 0.3) is 0 Å². The third-order valence-corrected chi connectivity index (χ3v) is 6.19. The van der Waals surface area contributed by atoms with E-state index >= 15 is 0 Å². The zero-order chi connectivity index (χ0) is 18.1. The van der Waals surface area contributed by atoms with Crippen molar-refractivity contribution in [2.45, 2.75) is 0 Å². The molecule has 0 radical (unpaired) electrons. The van der Waals surface area contributed by atoms with Crippen molar-refractivity contribution >= 4 is 15.5 Å². The molecule has 1 aliphatic heterocycles. The van der Waals surface area contributed by atoms with Crippen LogP contribution in [0.15, 0.2) is 60.9 Å². The van der Waals surface area contributed by atoms with E-state index in [9.17, 15) is 12.8 Å². The van der Waals surface area contributed by atoms with Crippen LogP contribution in [0.2, 0.25) is 0 Å². The predicted octanol–water partition coefficient (Wildman–Crippen LogP) is 2.91. The van der Waals surface area contributed by atoms with Gasteiger partial charge in [-0.25, -0.2) is 17.5 Å². The lowest BCUT2D eigenvalue weighted by Crippen LogP contribution is -2.40. The summed E-state index contributed by atoms with van der Waals surface area (Å²) in [5, 5.41) is 4.34. The summed E-state index contributed by atoms with van der Waals surface area (Å²) in [6.07, 6.45) is 3.67. The maximum Gasteiger partial charge on any atom is 0.153 e. The molecule has 0 unspecified atom stereocenters. The van der Waals surface area contributed by atoms with Crippen LogP contribution in [0, 0.1) is 5.82 Å². The molecule has 0 aliphatic carbocycles. The maximum atomic E-state index is 13.0. The first-order valence-electron chi connectivity index (χ1n) is 8.37. The summed E-state index contributed by atoms with van der Waals surface area (Å²) in [4.78, 5) is 2.09.